The van der Waals surface area contributed by atoms with Crippen LogP contribution >= 0.6 is 0 Å². The molecule has 1 aliphatic rings. The molecule has 0 amide bonds. The number of benzene rings is 2. The van der Waals surface area contributed by atoms with Crippen LogP contribution in [0.1, 0.15) is 12.8 Å². The number of anilines is 1. The second kappa shape index (κ2) is 8.29. The molecule has 1 N–H and O–H groups in total. The van der Waals surface area contributed by atoms with Gasteiger partial charge in [0.15, 0.2) is 5.75 Å². The van der Waals surface area contributed by atoms with E-state index < -0.39 is 15.7 Å². The summed E-state index contributed by atoms with van der Waals surface area (Å²) in [5, 5.41) is 14.4. The van der Waals surface area contributed by atoms with Crippen LogP contribution in [0.2, 0.25) is 0 Å². The molecule has 0 spiro atoms. The first kappa shape index (κ1) is 18.3. The van der Waals surface area contributed by atoms with Crippen LogP contribution in [-0.2, 0) is 15.5 Å². The van der Waals surface area contributed by atoms with E-state index in [4.69, 9.17) is 9.47 Å². The third-order valence-electron chi connectivity index (χ3n) is 4.14. The Kier molecular flexibility index (Phi) is 5.85. The normalized spacial score (nSPS) is 16.0. The van der Waals surface area contributed by atoms with Gasteiger partial charge in [0, 0.05) is 53.3 Å². The summed E-state index contributed by atoms with van der Waals surface area (Å²) >= 11 is 0. The lowest BCUT2D eigenvalue weighted by molar-refractivity contribution is -0.384. The molecule has 1 saturated heterocycles. The van der Waals surface area contributed by atoms with Gasteiger partial charge in [0.25, 0.3) is 5.69 Å². The van der Waals surface area contributed by atoms with E-state index in [0.29, 0.717) is 35.3 Å². The summed E-state index contributed by atoms with van der Waals surface area (Å²) in [6.45, 7) is 1.33. The Balaban J connectivity index is 1.84. The van der Waals surface area contributed by atoms with Crippen molar-refractivity contribution < 1.29 is 18.6 Å². The molecule has 138 valence electrons. The van der Waals surface area contributed by atoms with Crippen LogP contribution in [0.4, 0.5) is 11.4 Å². The monoisotopic (exact) mass is 376 g/mol. The van der Waals surface area contributed by atoms with E-state index in [9.17, 15) is 14.3 Å². The van der Waals surface area contributed by atoms with Gasteiger partial charge in [-0.3, -0.25) is 14.3 Å². The van der Waals surface area contributed by atoms with Gasteiger partial charge in [-0.1, -0.05) is 0 Å². The molecule has 1 atom stereocenters. The zero-order valence-electron chi connectivity index (χ0n) is 14.3. The zero-order chi connectivity index (χ0) is 18.5. The van der Waals surface area contributed by atoms with E-state index in [1.807, 2.05) is 0 Å². The van der Waals surface area contributed by atoms with Crippen molar-refractivity contribution in [2.45, 2.75) is 23.8 Å². The lowest BCUT2D eigenvalue weighted by Crippen LogP contribution is -2.28. The van der Waals surface area contributed by atoms with E-state index in [1.165, 1.54) is 12.1 Å². The molecule has 0 bridgehead atoms. The minimum atomic E-state index is -1.06. The molecular weight excluding hydrogens is 356 g/mol. The average Bonchev–Trinajstić information content (AvgIpc) is 2.64. The first-order chi connectivity index (χ1) is 12.5. The summed E-state index contributed by atoms with van der Waals surface area (Å²) in [6.07, 6.45) is 3.28. The number of non-ortho nitro benzene ring substituents is 1. The molecule has 7 nitrogen and oxygen atoms in total. The van der Waals surface area contributed by atoms with E-state index >= 15 is 0 Å². The summed E-state index contributed by atoms with van der Waals surface area (Å²) in [6, 6.07) is 11.6. The van der Waals surface area contributed by atoms with Gasteiger partial charge >= 0.3 is 0 Å². The van der Waals surface area contributed by atoms with Crippen LogP contribution < -0.4 is 10.1 Å². The number of nitrogens with zero attached hydrogens (tertiary/aromatic N) is 1. The first-order valence-corrected chi connectivity index (χ1v) is 9.83. The number of nitro groups is 1. The largest absolute Gasteiger partial charge is 0.455 e. The van der Waals surface area contributed by atoms with E-state index in [1.54, 1.807) is 36.6 Å². The van der Waals surface area contributed by atoms with E-state index in [-0.39, 0.29) is 11.7 Å². The zero-order valence-corrected chi connectivity index (χ0v) is 15.2. The van der Waals surface area contributed by atoms with E-state index in [0.717, 1.165) is 12.8 Å². The second-order valence-corrected chi connectivity index (χ2v) is 7.38. The van der Waals surface area contributed by atoms with Crippen molar-refractivity contribution in [1.29, 1.82) is 0 Å². The van der Waals surface area contributed by atoms with Crippen LogP contribution in [0.3, 0.4) is 0 Å². The summed E-state index contributed by atoms with van der Waals surface area (Å²) in [4.78, 5) is 11.4. The van der Waals surface area contributed by atoms with Crippen molar-refractivity contribution in [3.05, 3.63) is 52.6 Å². The third-order valence-corrected chi connectivity index (χ3v) is 5.07. The summed E-state index contributed by atoms with van der Waals surface area (Å²) < 4.78 is 22.7. The minimum absolute atomic E-state index is 0.00337. The lowest BCUT2D eigenvalue weighted by Gasteiger charge is -2.25. The molecule has 1 fully saturated rings. The molecule has 2 aromatic rings. The maximum absolute atomic E-state index is 11.5. The van der Waals surface area contributed by atoms with Crippen LogP contribution in [0.25, 0.3) is 0 Å². The van der Waals surface area contributed by atoms with Crippen molar-refractivity contribution in [2.75, 3.05) is 24.8 Å². The standard InChI is InChI=1S/C18H20N2O5S/c1-26(23)16-5-3-15(4-6-16)25-18-7-2-14(20(21)22)12-17(18)19-13-8-10-24-11-9-13/h2-7,12-13,19H,8-11H2,1H3. The predicted molar refractivity (Wildman–Crippen MR) is 99.4 cm³/mol. The molecule has 0 saturated carbocycles. The van der Waals surface area contributed by atoms with Crippen LogP contribution in [0.5, 0.6) is 11.5 Å². The highest BCUT2D eigenvalue weighted by molar-refractivity contribution is 7.84. The quantitative estimate of drug-likeness (QED) is 0.610. The number of nitrogens with one attached hydrogen (secondary N) is 1. The van der Waals surface area contributed by atoms with Crippen LogP contribution in [0.15, 0.2) is 47.4 Å². The molecule has 0 aromatic heterocycles. The highest BCUT2D eigenvalue weighted by Crippen LogP contribution is 2.34. The van der Waals surface area contributed by atoms with Gasteiger partial charge in [0.2, 0.25) is 0 Å². The third kappa shape index (κ3) is 4.59. The fourth-order valence-electron chi connectivity index (χ4n) is 2.72. The fourth-order valence-corrected chi connectivity index (χ4v) is 3.24. The molecule has 0 radical (unpaired) electrons. The summed E-state index contributed by atoms with van der Waals surface area (Å²) in [5.74, 6) is 1.08. The maximum atomic E-state index is 11.5. The highest BCUT2D eigenvalue weighted by Gasteiger charge is 2.18. The highest BCUT2D eigenvalue weighted by atomic mass is 32.2. The minimum Gasteiger partial charge on any atom is -0.455 e. The Morgan fingerprint density at radius 3 is 2.50 bits per heavy atom. The number of ether oxygens (including phenoxy) is 2. The molecule has 1 heterocycles. The Hall–Kier alpha value is -2.45. The van der Waals surface area contributed by atoms with Crippen LogP contribution in [0, 0.1) is 10.1 Å². The van der Waals surface area contributed by atoms with Crippen molar-refractivity contribution in [1.82, 2.24) is 0 Å². The molecule has 0 aliphatic carbocycles. The van der Waals surface area contributed by atoms with Crippen molar-refractivity contribution >= 4 is 22.2 Å². The van der Waals surface area contributed by atoms with Gasteiger partial charge in [-0.05, 0) is 43.2 Å². The molecule has 8 heteroatoms. The molecular formula is C18H20N2O5S. The number of nitro benzene ring substituents is 1. The lowest BCUT2D eigenvalue weighted by atomic mass is 10.1. The van der Waals surface area contributed by atoms with Gasteiger partial charge in [-0.2, -0.15) is 0 Å². The van der Waals surface area contributed by atoms with Gasteiger partial charge in [-0.15, -0.1) is 0 Å². The average molecular weight is 376 g/mol. The van der Waals surface area contributed by atoms with Crippen LogP contribution in [-0.4, -0.2) is 34.6 Å². The maximum Gasteiger partial charge on any atom is 0.271 e. The van der Waals surface area contributed by atoms with Gasteiger partial charge in [0.05, 0.1) is 10.6 Å². The topological polar surface area (TPSA) is 90.7 Å². The smallest absolute Gasteiger partial charge is 0.271 e. The molecule has 26 heavy (non-hydrogen) atoms. The van der Waals surface area contributed by atoms with Gasteiger partial charge in [-0.25, -0.2) is 0 Å². The van der Waals surface area contributed by atoms with E-state index in [2.05, 4.69) is 5.32 Å². The van der Waals surface area contributed by atoms with Crippen molar-refractivity contribution in [2.24, 2.45) is 0 Å². The molecule has 1 unspecified atom stereocenters. The fraction of sp³-hybridized carbons (Fsp3) is 0.333. The van der Waals surface area contributed by atoms with Gasteiger partial charge in [0.1, 0.15) is 5.75 Å². The molecule has 3 rings (SSSR count). The molecule has 2 aromatic carbocycles. The summed E-state index contributed by atoms with van der Waals surface area (Å²) in [5.41, 5.74) is 0.581. The Bertz CT molecular complexity index is 804. The Labute approximate surface area is 153 Å². The number of hydrogen-bond acceptors (Lipinski definition) is 6. The summed E-state index contributed by atoms with van der Waals surface area (Å²) in [7, 11) is -1.06. The SMILES string of the molecule is CS(=O)c1ccc(Oc2ccc([N+](=O)[O-])cc2NC2CCOCC2)cc1. The van der Waals surface area contributed by atoms with Crippen molar-refractivity contribution in [3.63, 3.8) is 0 Å². The van der Waals surface area contributed by atoms with Crippen molar-refractivity contribution in [3.8, 4) is 11.5 Å². The molecule has 1 aliphatic heterocycles. The Morgan fingerprint density at radius 2 is 1.88 bits per heavy atom. The number of hydrogen-bond donors (Lipinski definition) is 1. The Morgan fingerprint density at radius 1 is 1.19 bits per heavy atom. The first-order valence-electron chi connectivity index (χ1n) is 8.27. The predicted octanol–water partition coefficient (Wildman–Crippen LogP) is 3.72. The second-order valence-electron chi connectivity index (χ2n) is 6.00. The number of rotatable bonds is 6. The van der Waals surface area contributed by atoms with Gasteiger partial charge < -0.3 is 14.8 Å².